The number of amides is 3. The zero-order chi connectivity index (χ0) is 18.1. The third-order valence-corrected chi connectivity index (χ3v) is 6.10. The zero-order valence-electron chi connectivity index (χ0n) is 15.0. The summed E-state index contributed by atoms with van der Waals surface area (Å²) in [7, 11) is 0. The fourth-order valence-corrected chi connectivity index (χ4v) is 4.51. The molecule has 4 rings (SSSR count). The molecule has 26 heavy (non-hydrogen) atoms. The number of piperazine rings is 1. The van der Waals surface area contributed by atoms with Crippen LogP contribution in [0.3, 0.4) is 0 Å². The molecule has 1 aromatic rings. The number of halogens is 1. The molecular weight excluding hydrogens is 352 g/mol. The molecule has 3 amide bonds. The van der Waals surface area contributed by atoms with Crippen LogP contribution >= 0.6 is 11.6 Å². The van der Waals surface area contributed by atoms with Crippen LogP contribution in [0.25, 0.3) is 0 Å². The molecule has 3 saturated heterocycles. The van der Waals surface area contributed by atoms with Crippen molar-refractivity contribution in [2.45, 2.75) is 25.3 Å². The van der Waals surface area contributed by atoms with Gasteiger partial charge in [0.15, 0.2) is 0 Å². The lowest BCUT2D eigenvalue weighted by Gasteiger charge is -2.34. The molecule has 1 N–H and O–H groups in total. The Kier molecular flexibility index (Phi) is 5.05. The Labute approximate surface area is 159 Å². The third kappa shape index (κ3) is 3.40. The predicted molar refractivity (Wildman–Crippen MR) is 101 cm³/mol. The SMILES string of the molecule is O=C1[C@H]2CCCCN2C(=O)N1CC[NH+]1CCN(c2cccc(Cl)c2)CC1. The van der Waals surface area contributed by atoms with Gasteiger partial charge in [-0.25, -0.2) is 4.79 Å². The number of carbonyl (C=O) groups is 2. The van der Waals surface area contributed by atoms with E-state index in [-0.39, 0.29) is 18.0 Å². The Balaban J connectivity index is 1.29. The molecule has 0 bridgehead atoms. The monoisotopic (exact) mass is 377 g/mol. The highest BCUT2D eigenvalue weighted by Crippen LogP contribution is 2.26. The molecule has 0 aliphatic carbocycles. The minimum absolute atomic E-state index is 0.0201. The Morgan fingerprint density at radius 2 is 1.92 bits per heavy atom. The number of nitrogens with one attached hydrogen (secondary N) is 1. The van der Waals surface area contributed by atoms with E-state index in [4.69, 9.17) is 11.6 Å². The number of piperidine rings is 1. The molecule has 140 valence electrons. The van der Waals surface area contributed by atoms with Crippen molar-refractivity contribution in [3.8, 4) is 0 Å². The highest BCUT2D eigenvalue weighted by atomic mass is 35.5. The van der Waals surface area contributed by atoms with Crippen LogP contribution in [0.5, 0.6) is 0 Å². The molecule has 3 fully saturated rings. The van der Waals surface area contributed by atoms with Crippen molar-refractivity contribution in [1.29, 1.82) is 0 Å². The molecule has 3 aliphatic rings. The second-order valence-corrected chi connectivity index (χ2v) is 7.88. The first kappa shape index (κ1) is 17.6. The van der Waals surface area contributed by atoms with E-state index in [0.29, 0.717) is 6.54 Å². The lowest BCUT2D eigenvalue weighted by Crippen LogP contribution is -3.15. The Hall–Kier alpha value is -1.79. The van der Waals surface area contributed by atoms with E-state index in [1.54, 1.807) is 4.90 Å². The van der Waals surface area contributed by atoms with Gasteiger partial charge < -0.3 is 14.7 Å². The van der Waals surface area contributed by atoms with E-state index in [1.165, 1.54) is 15.5 Å². The van der Waals surface area contributed by atoms with E-state index < -0.39 is 0 Å². The highest BCUT2D eigenvalue weighted by molar-refractivity contribution is 6.30. The Morgan fingerprint density at radius 1 is 1.12 bits per heavy atom. The van der Waals surface area contributed by atoms with Crippen molar-refractivity contribution in [2.24, 2.45) is 0 Å². The normalized spacial score (nSPS) is 24.3. The van der Waals surface area contributed by atoms with Crippen molar-refractivity contribution in [3.63, 3.8) is 0 Å². The maximum Gasteiger partial charge on any atom is 0.327 e. The van der Waals surface area contributed by atoms with Gasteiger partial charge in [-0.15, -0.1) is 0 Å². The van der Waals surface area contributed by atoms with E-state index >= 15 is 0 Å². The van der Waals surface area contributed by atoms with Gasteiger partial charge in [0.25, 0.3) is 5.91 Å². The average Bonchev–Trinajstić information content (AvgIpc) is 2.91. The summed E-state index contributed by atoms with van der Waals surface area (Å²) in [5.41, 5.74) is 1.17. The van der Waals surface area contributed by atoms with Gasteiger partial charge in [-0.3, -0.25) is 9.69 Å². The lowest BCUT2D eigenvalue weighted by atomic mass is 10.0. The highest BCUT2D eigenvalue weighted by Gasteiger charge is 2.45. The van der Waals surface area contributed by atoms with Crippen molar-refractivity contribution in [3.05, 3.63) is 29.3 Å². The number of quaternary nitrogens is 1. The fourth-order valence-electron chi connectivity index (χ4n) is 4.33. The number of hydrogen-bond donors (Lipinski definition) is 1. The molecule has 7 heteroatoms. The summed E-state index contributed by atoms with van der Waals surface area (Å²) in [4.78, 5) is 32.1. The summed E-state index contributed by atoms with van der Waals surface area (Å²) in [6.07, 6.45) is 2.89. The summed E-state index contributed by atoms with van der Waals surface area (Å²) in [5, 5.41) is 0.764. The lowest BCUT2D eigenvalue weighted by molar-refractivity contribution is -0.899. The summed E-state index contributed by atoms with van der Waals surface area (Å²) < 4.78 is 0. The summed E-state index contributed by atoms with van der Waals surface area (Å²) in [6.45, 7) is 6.06. The summed E-state index contributed by atoms with van der Waals surface area (Å²) in [6, 6.07) is 7.71. The van der Waals surface area contributed by atoms with Crippen LogP contribution in [0.2, 0.25) is 5.02 Å². The van der Waals surface area contributed by atoms with Crippen molar-refractivity contribution in [2.75, 3.05) is 50.7 Å². The molecule has 0 radical (unpaired) electrons. The maximum atomic E-state index is 12.5. The van der Waals surface area contributed by atoms with Crippen LogP contribution < -0.4 is 9.80 Å². The molecule has 0 aromatic heterocycles. The summed E-state index contributed by atoms with van der Waals surface area (Å²) in [5.74, 6) is 0.0201. The minimum atomic E-state index is -0.189. The van der Waals surface area contributed by atoms with Crippen molar-refractivity contribution < 1.29 is 14.5 Å². The van der Waals surface area contributed by atoms with Gasteiger partial charge in [0.1, 0.15) is 6.04 Å². The molecular formula is C19H26ClN4O2+. The summed E-state index contributed by atoms with van der Waals surface area (Å²) >= 11 is 6.09. The number of anilines is 1. The topological polar surface area (TPSA) is 48.3 Å². The quantitative estimate of drug-likeness (QED) is 0.792. The van der Waals surface area contributed by atoms with Crippen LogP contribution in [0.1, 0.15) is 19.3 Å². The number of nitrogens with zero attached hydrogens (tertiary/aromatic N) is 3. The average molecular weight is 378 g/mol. The van der Waals surface area contributed by atoms with Crippen LogP contribution in [-0.4, -0.2) is 73.6 Å². The predicted octanol–water partition coefficient (Wildman–Crippen LogP) is 0.862. The van der Waals surface area contributed by atoms with Gasteiger partial charge >= 0.3 is 6.03 Å². The molecule has 0 unspecified atom stereocenters. The van der Waals surface area contributed by atoms with Gasteiger partial charge in [0.2, 0.25) is 0 Å². The second-order valence-electron chi connectivity index (χ2n) is 7.44. The molecule has 1 atom stereocenters. The van der Waals surface area contributed by atoms with Crippen LogP contribution in [-0.2, 0) is 4.79 Å². The number of carbonyl (C=O) groups excluding carboxylic acids is 2. The Bertz CT molecular complexity index is 666. The fraction of sp³-hybridized carbons (Fsp3) is 0.579. The van der Waals surface area contributed by atoms with E-state index in [1.807, 2.05) is 18.2 Å². The largest absolute Gasteiger partial charge is 0.360 e. The van der Waals surface area contributed by atoms with E-state index in [2.05, 4.69) is 11.0 Å². The second kappa shape index (κ2) is 7.45. The first-order valence-electron chi connectivity index (χ1n) is 9.59. The van der Waals surface area contributed by atoms with Gasteiger partial charge in [-0.2, -0.15) is 0 Å². The molecule has 3 heterocycles. The standard InChI is InChI=1S/C19H25ClN4O2/c20-15-4-3-5-16(14-15)22-11-8-21(9-12-22)10-13-24-18(25)17-6-1-2-7-23(17)19(24)26/h3-5,14,17H,1-2,6-13H2/p+1/t17-/m1/s1. The molecule has 0 saturated carbocycles. The van der Waals surface area contributed by atoms with Crippen LogP contribution in [0, 0.1) is 0 Å². The molecule has 6 nitrogen and oxygen atoms in total. The zero-order valence-corrected chi connectivity index (χ0v) is 15.7. The van der Waals surface area contributed by atoms with E-state index in [9.17, 15) is 9.59 Å². The van der Waals surface area contributed by atoms with Gasteiger partial charge in [-0.1, -0.05) is 17.7 Å². The molecule has 1 aromatic carbocycles. The first-order chi connectivity index (χ1) is 12.6. The number of benzene rings is 1. The Morgan fingerprint density at radius 3 is 2.65 bits per heavy atom. The first-order valence-corrected chi connectivity index (χ1v) is 9.97. The number of rotatable bonds is 4. The van der Waals surface area contributed by atoms with Crippen LogP contribution in [0.15, 0.2) is 24.3 Å². The number of urea groups is 1. The van der Waals surface area contributed by atoms with Gasteiger partial charge in [-0.05, 0) is 37.5 Å². The number of hydrogen-bond acceptors (Lipinski definition) is 3. The molecule has 3 aliphatic heterocycles. The number of imide groups is 1. The van der Waals surface area contributed by atoms with Crippen LogP contribution in [0.4, 0.5) is 10.5 Å². The van der Waals surface area contributed by atoms with Crippen molar-refractivity contribution in [1.82, 2.24) is 9.80 Å². The third-order valence-electron chi connectivity index (χ3n) is 5.86. The van der Waals surface area contributed by atoms with Crippen molar-refractivity contribution >= 4 is 29.2 Å². The number of fused-ring (bicyclic) bond motifs is 1. The van der Waals surface area contributed by atoms with Gasteiger partial charge in [0.05, 0.1) is 39.3 Å². The minimum Gasteiger partial charge on any atom is -0.360 e. The van der Waals surface area contributed by atoms with Gasteiger partial charge in [0, 0.05) is 17.3 Å². The smallest absolute Gasteiger partial charge is 0.327 e. The molecule has 0 spiro atoms. The van der Waals surface area contributed by atoms with E-state index in [0.717, 1.165) is 63.6 Å². The maximum absolute atomic E-state index is 12.5.